The van der Waals surface area contributed by atoms with Crippen molar-refractivity contribution in [2.75, 3.05) is 5.75 Å². The molecule has 7 nitrogen and oxygen atoms in total. The smallest absolute Gasteiger partial charge is 0.393 e. The first-order valence-corrected chi connectivity index (χ1v) is 9.46. The number of nitrogens with zero attached hydrogens (tertiary/aromatic N) is 2. The molecular formula is C14H25N3O4S. The maximum atomic E-state index is 12.1. The van der Waals surface area contributed by atoms with Crippen molar-refractivity contribution in [3.63, 3.8) is 0 Å². The van der Waals surface area contributed by atoms with Crippen molar-refractivity contribution in [1.29, 1.82) is 0 Å². The van der Waals surface area contributed by atoms with Crippen LogP contribution < -0.4 is 10.5 Å². The lowest BCUT2D eigenvalue weighted by atomic mass is 9.80. The van der Waals surface area contributed by atoms with Gasteiger partial charge in [0.25, 0.3) is 0 Å². The van der Waals surface area contributed by atoms with Gasteiger partial charge in [0.2, 0.25) is 15.9 Å². The molecule has 0 amide bonds. The Balaban J connectivity index is 1.84. The molecule has 0 spiro atoms. The summed E-state index contributed by atoms with van der Waals surface area (Å²) in [4.78, 5) is 11.4. The average Bonchev–Trinajstić information content (AvgIpc) is 2.75. The van der Waals surface area contributed by atoms with Crippen molar-refractivity contribution < 1.29 is 12.8 Å². The van der Waals surface area contributed by atoms with Gasteiger partial charge in [0, 0.05) is 13.0 Å². The zero-order chi connectivity index (χ0) is 16.3. The van der Waals surface area contributed by atoms with Crippen LogP contribution in [0.4, 0.5) is 0 Å². The molecule has 1 saturated carbocycles. The Labute approximate surface area is 131 Å². The van der Waals surface area contributed by atoms with E-state index in [1.54, 1.807) is 6.92 Å². The van der Waals surface area contributed by atoms with Crippen LogP contribution in [0.5, 0.6) is 0 Å². The Morgan fingerprint density at radius 3 is 2.45 bits per heavy atom. The van der Waals surface area contributed by atoms with Crippen molar-refractivity contribution >= 4 is 10.0 Å². The predicted molar refractivity (Wildman–Crippen MR) is 83.0 cm³/mol. The lowest BCUT2D eigenvalue weighted by molar-refractivity contribution is 0.252. The maximum Gasteiger partial charge on any atom is 0.437 e. The molecular weight excluding hydrogens is 306 g/mol. The fourth-order valence-electron chi connectivity index (χ4n) is 2.97. The number of aromatic nitrogens is 2. The third-order valence-corrected chi connectivity index (χ3v) is 5.75. The van der Waals surface area contributed by atoms with Crippen LogP contribution in [-0.4, -0.2) is 30.0 Å². The summed E-state index contributed by atoms with van der Waals surface area (Å²) in [6.45, 7) is 5.99. The van der Waals surface area contributed by atoms with Gasteiger partial charge in [-0.05, 0) is 37.5 Å². The van der Waals surface area contributed by atoms with Gasteiger partial charge in [0.1, 0.15) is 0 Å². The number of hydrogen-bond donors (Lipinski definition) is 1. The SMILES string of the molecule is Cc1nn(CCS(=O)(=O)NC2CCC(C(C)C)CC2)c(=O)o1. The fraction of sp³-hybridized carbons (Fsp3) is 0.857. The minimum Gasteiger partial charge on any atom is -0.393 e. The highest BCUT2D eigenvalue weighted by atomic mass is 32.2. The Morgan fingerprint density at radius 1 is 1.32 bits per heavy atom. The first kappa shape index (κ1) is 17.2. The molecule has 22 heavy (non-hydrogen) atoms. The third kappa shape index (κ3) is 4.67. The molecule has 1 heterocycles. The fourth-order valence-corrected chi connectivity index (χ4v) is 4.25. The van der Waals surface area contributed by atoms with Crippen LogP contribution >= 0.6 is 0 Å². The van der Waals surface area contributed by atoms with Crippen molar-refractivity contribution in [2.45, 2.75) is 59.0 Å². The molecule has 1 aromatic rings. The van der Waals surface area contributed by atoms with Gasteiger partial charge in [-0.3, -0.25) is 0 Å². The average molecular weight is 331 g/mol. The first-order valence-electron chi connectivity index (χ1n) is 7.81. The molecule has 0 atom stereocenters. The number of sulfonamides is 1. The van der Waals surface area contributed by atoms with E-state index in [9.17, 15) is 13.2 Å². The van der Waals surface area contributed by atoms with Crippen molar-refractivity contribution in [1.82, 2.24) is 14.5 Å². The van der Waals surface area contributed by atoms with Crippen LogP contribution in [0.15, 0.2) is 9.21 Å². The highest BCUT2D eigenvalue weighted by Crippen LogP contribution is 2.30. The van der Waals surface area contributed by atoms with Gasteiger partial charge in [0.15, 0.2) is 0 Å². The Kier molecular flexibility index (Phi) is 5.44. The molecule has 0 unspecified atom stereocenters. The van der Waals surface area contributed by atoms with Crippen molar-refractivity contribution in [2.24, 2.45) is 11.8 Å². The second-order valence-electron chi connectivity index (χ2n) is 6.40. The zero-order valence-electron chi connectivity index (χ0n) is 13.4. The Hall–Kier alpha value is -1.15. The lowest BCUT2D eigenvalue weighted by Crippen LogP contribution is -2.40. The molecule has 0 aliphatic heterocycles. The van der Waals surface area contributed by atoms with E-state index < -0.39 is 15.8 Å². The molecule has 1 N–H and O–H groups in total. The first-order chi connectivity index (χ1) is 10.3. The number of aryl methyl sites for hydroxylation is 2. The maximum absolute atomic E-state index is 12.1. The van der Waals surface area contributed by atoms with E-state index in [0.29, 0.717) is 11.8 Å². The highest BCUT2D eigenvalue weighted by Gasteiger charge is 2.26. The minimum atomic E-state index is -3.42. The van der Waals surface area contributed by atoms with E-state index in [2.05, 4.69) is 23.7 Å². The van der Waals surface area contributed by atoms with E-state index in [4.69, 9.17) is 4.42 Å². The van der Waals surface area contributed by atoms with Crippen LogP contribution in [0.25, 0.3) is 0 Å². The summed E-state index contributed by atoms with van der Waals surface area (Å²) >= 11 is 0. The number of hydrogen-bond acceptors (Lipinski definition) is 5. The van der Waals surface area contributed by atoms with Gasteiger partial charge < -0.3 is 4.42 Å². The van der Waals surface area contributed by atoms with Crippen LogP contribution in [0, 0.1) is 18.8 Å². The third-order valence-electron chi connectivity index (χ3n) is 4.34. The lowest BCUT2D eigenvalue weighted by Gasteiger charge is -2.31. The zero-order valence-corrected chi connectivity index (χ0v) is 14.2. The molecule has 1 fully saturated rings. The summed E-state index contributed by atoms with van der Waals surface area (Å²) in [6, 6.07) is 0.00997. The van der Waals surface area contributed by atoms with Crippen molar-refractivity contribution in [3.8, 4) is 0 Å². The topological polar surface area (TPSA) is 94.2 Å². The van der Waals surface area contributed by atoms with E-state index in [1.165, 1.54) is 0 Å². The van der Waals surface area contributed by atoms with Crippen LogP contribution in [0.1, 0.15) is 45.4 Å². The quantitative estimate of drug-likeness (QED) is 0.847. The summed E-state index contributed by atoms with van der Waals surface area (Å²) in [5, 5.41) is 3.83. The number of rotatable bonds is 6. The molecule has 0 bridgehead atoms. The molecule has 0 saturated heterocycles. The van der Waals surface area contributed by atoms with Gasteiger partial charge in [-0.25, -0.2) is 17.9 Å². The van der Waals surface area contributed by atoms with Gasteiger partial charge in [0.05, 0.1) is 12.3 Å². The van der Waals surface area contributed by atoms with E-state index >= 15 is 0 Å². The minimum absolute atomic E-state index is 0.00679. The summed E-state index contributed by atoms with van der Waals surface area (Å²) < 4.78 is 32.8. The molecule has 126 valence electrons. The van der Waals surface area contributed by atoms with Crippen LogP contribution in [-0.2, 0) is 16.6 Å². The van der Waals surface area contributed by atoms with E-state index in [1.807, 2.05) is 0 Å². The molecule has 1 aliphatic rings. The summed E-state index contributed by atoms with van der Waals surface area (Å²) in [5.74, 6) is 0.799. The highest BCUT2D eigenvalue weighted by molar-refractivity contribution is 7.89. The van der Waals surface area contributed by atoms with E-state index in [-0.39, 0.29) is 24.2 Å². The molecule has 0 radical (unpaired) electrons. The van der Waals surface area contributed by atoms with Crippen molar-refractivity contribution in [3.05, 3.63) is 16.4 Å². The Morgan fingerprint density at radius 2 is 1.95 bits per heavy atom. The molecule has 1 aromatic heterocycles. The summed E-state index contributed by atoms with van der Waals surface area (Å²) in [6.07, 6.45) is 3.88. The number of nitrogens with one attached hydrogen (secondary N) is 1. The summed E-state index contributed by atoms with van der Waals surface area (Å²) in [7, 11) is -3.42. The van der Waals surface area contributed by atoms with Gasteiger partial charge in [-0.1, -0.05) is 13.8 Å². The monoisotopic (exact) mass is 331 g/mol. The standard InChI is InChI=1S/C14H25N3O4S/c1-10(2)12-4-6-13(7-5-12)16-22(19,20)9-8-17-14(18)21-11(3)15-17/h10,12-13,16H,4-9H2,1-3H3. The second-order valence-corrected chi connectivity index (χ2v) is 8.28. The second kappa shape index (κ2) is 6.95. The predicted octanol–water partition coefficient (Wildman–Crippen LogP) is 1.28. The molecule has 1 aliphatic carbocycles. The summed E-state index contributed by atoms with van der Waals surface area (Å²) in [5.41, 5.74) is 0. The van der Waals surface area contributed by atoms with Gasteiger partial charge in [-0.15, -0.1) is 5.10 Å². The van der Waals surface area contributed by atoms with Crippen LogP contribution in [0.2, 0.25) is 0 Å². The van der Waals surface area contributed by atoms with E-state index in [0.717, 1.165) is 30.4 Å². The normalized spacial score (nSPS) is 23.1. The van der Waals surface area contributed by atoms with Gasteiger partial charge in [-0.2, -0.15) is 4.68 Å². The molecule has 0 aromatic carbocycles. The largest absolute Gasteiger partial charge is 0.437 e. The molecule has 8 heteroatoms. The Bertz CT molecular complexity index is 639. The van der Waals surface area contributed by atoms with Gasteiger partial charge >= 0.3 is 5.76 Å². The molecule has 2 rings (SSSR count). The van der Waals surface area contributed by atoms with Crippen LogP contribution in [0.3, 0.4) is 0 Å².